The summed E-state index contributed by atoms with van der Waals surface area (Å²) in [6.45, 7) is 0. The molecule has 0 aliphatic heterocycles. The van der Waals surface area contributed by atoms with Crippen LogP contribution in [0.2, 0.25) is 0 Å². The second-order valence-electron chi connectivity index (χ2n) is 0.896. The molecule has 0 unspecified atom stereocenters. The van der Waals surface area contributed by atoms with Crippen LogP contribution in [-0.4, -0.2) is 30.8 Å². The quantitative estimate of drug-likeness (QED) is 0.219. The number of hydrogen-bond donors (Lipinski definition) is 5. The number of hydrogen-bond acceptors (Lipinski definition) is 5. The molecule has 0 aromatic rings. The monoisotopic (exact) mass is 269 g/mol. The summed E-state index contributed by atoms with van der Waals surface area (Å²) in [6, 6.07) is 0. The molecule has 12 heteroatoms. The van der Waals surface area contributed by atoms with Crippen LogP contribution in [0.15, 0.2) is 0 Å². The molecule has 7 N–H and O–H groups in total. The average Bonchev–Trinajstić information content (AvgIpc) is 1.12. The van der Waals surface area contributed by atoms with Crippen LogP contribution in [-0.2, 0) is 30.6 Å². The summed E-state index contributed by atoms with van der Waals surface area (Å²) < 4.78 is 55.5. The van der Waals surface area contributed by atoms with Gasteiger partial charge in [0.25, 0.3) is 9.05 Å². The summed E-state index contributed by atoms with van der Waals surface area (Å²) in [5, 5.41) is 0. The summed E-state index contributed by atoms with van der Waals surface area (Å²) in [6.07, 6.45) is 0. The van der Waals surface area contributed by atoms with Gasteiger partial charge in [0.15, 0.2) is 0 Å². The molecule has 0 aliphatic carbocycles. The summed E-state index contributed by atoms with van der Waals surface area (Å²) in [5.74, 6) is 0. The van der Waals surface area contributed by atoms with E-state index in [1.54, 1.807) is 0 Å². The van der Waals surface area contributed by atoms with Crippen molar-refractivity contribution in [3.63, 3.8) is 0 Å². The Hall–Kier alpha value is 1.76. The smallest absolute Gasteiger partial charge is 1.00 e. The molecule has 0 fully saturated rings. The first-order valence-corrected chi connectivity index (χ1v) is 5.19. The molecule has 0 aromatic carbocycles. The fourth-order valence-corrected chi connectivity index (χ4v) is 0. The molecule has 74 valence electrons. The van der Waals surface area contributed by atoms with E-state index in [4.69, 9.17) is 30.8 Å². The molecule has 0 heterocycles. The number of rotatable bonds is 0. The van der Waals surface area contributed by atoms with Gasteiger partial charge in [-0.25, -0.2) is 0 Å². The van der Waals surface area contributed by atoms with Crippen molar-refractivity contribution < 1.29 is 83.6 Å². The van der Waals surface area contributed by atoms with Crippen LogP contribution in [0.1, 0.15) is 1.43 Å². The van der Waals surface area contributed by atoms with Gasteiger partial charge in [0.2, 0.25) is 0 Å². The van der Waals surface area contributed by atoms with Gasteiger partial charge in [-0.15, -0.1) is 0 Å². The van der Waals surface area contributed by atoms with Gasteiger partial charge in [-0.05, 0) is 0 Å². The van der Waals surface area contributed by atoms with E-state index < -0.39 is 19.5 Å². The third kappa shape index (κ3) is 441. The van der Waals surface area contributed by atoms with E-state index in [-0.39, 0.29) is 59.0 Å². The summed E-state index contributed by atoms with van der Waals surface area (Å²) >= 11 is 3.47. The van der Waals surface area contributed by atoms with Crippen LogP contribution < -0.4 is 57.5 Å². The second-order valence-corrected chi connectivity index (χ2v) is 3.99. The standard InChI is InChI=1S/K.H3N.H2O4S.H2O3S2.H/c;;2*1-5(2,3)4;/h;1H3;2*(H2,1,2,3,4);/q+1;;;;-1. The van der Waals surface area contributed by atoms with Crippen molar-refractivity contribution in [1.29, 1.82) is 0 Å². The van der Waals surface area contributed by atoms with Crippen LogP contribution >= 0.6 is 0 Å². The van der Waals surface area contributed by atoms with Gasteiger partial charge in [-0.3, -0.25) is 18.2 Å². The first-order valence-electron chi connectivity index (χ1n) is 1.40. The maximum absolute atomic E-state index is 9.11. The van der Waals surface area contributed by atoms with Crippen molar-refractivity contribution in [3.8, 4) is 0 Å². The molecule has 0 saturated heterocycles. The van der Waals surface area contributed by atoms with Crippen LogP contribution in [0.25, 0.3) is 0 Å². The van der Waals surface area contributed by atoms with Gasteiger partial charge in [0.05, 0.1) is 0 Å². The van der Waals surface area contributed by atoms with Crippen molar-refractivity contribution in [2.24, 2.45) is 0 Å². The fourth-order valence-electron chi connectivity index (χ4n) is 0. The van der Waals surface area contributed by atoms with Crippen molar-refractivity contribution in [3.05, 3.63) is 0 Å². The Morgan fingerprint density at radius 2 is 1.00 bits per heavy atom. The van der Waals surface area contributed by atoms with E-state index in [1.165, 1.54) is 0 Å². The third-order valence-corrected chi connectivity index (χ3v) is 0. The molecule has 0 rings (SSSR count). The van der Waals surface area contributed by atoms with E-state index in [9.17, 15) is 0 Å². The molecule has 0 aromatic heterocycles. The zero-order valence-electron chi connectivity index (χ0n) is 6.95. The minimum absolute atomic E-state index is 0. The normalized spacial score (nSPS) is 9.67. The van der Waals surface area contributed by atoms with Crippen LogP contribution in [0.4, 0.5) is 0 Å². The molecule has 0 bridgehead atoms. The van der Waals surface area contributed by atoms with Crippen LogP contribution in [0.3, 0.4) is 0 Å². The Labute approximate surface area is 119 Å². The molecule has 0 saturated carbocycles. The first-order chi connectivity index (χ1) is 4.00. The first kappa shape index (κ1) is 23.5. The third-order valence-electron chi connectivity index (χ3n) is 0. The van der Waals surface area contributed by atoms with Crippen LogP contribution in [0, 0.1) is 0 Å². The minimum Gasteiger partial charge on any atom is -1.00 e. The minimum atomic E-state index is -4.67. The zero-order chi connectivity index (χ0) is 9.00. The molecular formula is H8KNO7S3. The van der Waals surface area contributed by atoms with Gasteiger partial charge >= 0.3 is 61.8 Å². The van der Waals surface area contributed by atoms with Gasteiger partial charge < -0.3 is 7.58 Å². The summed E-state index contributed by atoms with van der Waals surface area (Å²) in [5.41, 5.74) is 0. The maximum Gasteiger partial charge on any atom is 1.00 e. The van der Waals surface area contributed by atoms with Crippen molar-refractivity contribution in [2.45, 2.75) is 0 Å². The molecule has 0 spiro atoms. The Bertz CT molecular complexity index is 220. The van der Waals surface area contributed by atoms with Gasteiger partial charge in [-0.2, -0.15) is 12.6 Å². The predicted molar refractivity (Wildman–Crippen MR) is 41.1 cm³/mol. The van der Waals surface area contributed by atoms with E-state index in [0.717, 1.165) is 0 Å². The molecule has 12 heavy (non-hydrogen) atoms. The van der Waals surface area contributed by atoms with Gasteiger partial charge in [0, 0.05) is 11.2 Å². The zero-order valence-corrected chi connectivity index (χ0v) is 11.5. The van der Waals surface area contributed by atoms with E-state index in [0.29, 0.717) is 0 Å². The molecule has 0 amide bonds. The van der Waals surface area contributed by atoms with E-state index >= 15 is 0 Å². The van der Waals surface area contributed by atoms with Crippen molar-refractivity contribution in [1.82, 2.24) is 6.15 Å². The largest absolute Gasteiger partial charge is 1.00 e. The topological polar surface area (TPSA) is 167 Å². The Morgan fingerprint density at radius 3 is 1.00 bits per heavy atom. The van der Waals surface area contributed by atoms with Crippen molar-refractivity contribution in [2.75, 3.05) is 0 Å². The average molecular weight is 269 g/mol. The van der Waals surface area contributed by atoms with Crippen LogP contribution in [0.5, 0.6) is 0 Å². The maximum atomic E-state index is 9.11. The Kier molecular flexibility index (Phi) is 18.3. The van der Waals surface area contributed by atoms with E-state index in [1.807, 2.05) is 0 Å². The molecule has 0 radical (unpaired) electrons. The molecule has 0 atom stereocenters. The summed E-state index contributed by atoms with van der Waals surface area (Å²) in [4.78, 5) is 0. The predicted octanol–water partition coefficient (Wildman–Crippen LogP) is -3.70. The van der Waals surface area contributed by atoms with Gasteiger partial charge in [-0.1, -0.05) is 0 Å². The Morgan fingerprint density at radius 1 is 1.00 bits per heavy atom. The van der Waals surface area contributed by atoms with Gasteiger partial charge in [0.1, 0.15) is 0 Å². The Balaban J connectivity index is -0.0000000267. The molecular weight excluding hydrogens is 261 g/mol. The molecule has 0 aliphatic rings. The van der Waals surface area contributed by atoms with E-state index in [2.05, 4.69) is 11.2 Å². The summed E-state index contributed by atoms with van der Waals surface area (Å²) in [7, 11) is -8.50. The SMILES string of the molecule is N.O=S(=O)(O)O.O=S(O)(O)=S.[H-].[K+]. The fraction of sp³-hybridized carbons (Fsp3) is 0. The van der Waals surface area contributed by atoms with Crippen molar-refractivity contribution >= 4 is 30.6 Å². The second kappa shape index (κ2) is 9.32. The molecule has 8 nitrogen and oxygen atoms in total.